The molecule has 8 heteroatoms. The number of aromatic carboxylic acids is 1. The van der Waals surface area contributed by atoms with Gasteiger partial charge in [-0.15, -0.1) is 0 Å². The molecule has 1 aromatic carbocycles. The van der Waals surface area contributed by atoms with Crippen LogP contribution >= 0.6 is 0 Å². The number of morpholine rings is 1. The topological polar surface area (TPSA) is 83.9 Å². The van der Waals surface area contributed by atoms with Crippen LogP contribution in [0.5, 0.6) is 0 Å². The SMILES string of the molecule is Cc1c(F)cc(C(=O)O)cc1S(=O)(=O)N1CCOC(C)C1. The smallest absolute Gasteiger partial charge is 0.335 e. The summed E-state index contributed by atoms with van der Waals surface area (Å²) in [6.45, 7) is 3.62. The van der Waals surface area contributed by atoms with Gasteiger partial charge in [-0.2, -0.15) is 4.31 Å². The van der Waals surface area contributed by atoms with Crippen LogP contribution in [0.3, 0.4) is 0 Å². The zero-order chi connectivity index (χ0) is 15.8. The number of ether oxygens (including phenoxy) is 1. The van der Waals surface area contributed by atoms with E-state index in [4.69, 9.17) is 9.84 Å². The molecule has 21 heavy (non-hydrogen) atoms. The van der Waals surface area contributed by atoms with E-state index >= 15 is 0 Å². The molecule has 0 aliphatic carbocycles. The molecule has 1 fully saturated rings. The van der Waals surface area contributed by atoms with Crippen LogP contribution in [0.1, 0.15) is 22.8 Å². The summed E-state index contributed by atoms with van der Waals surface area (Å²) in [6, 6.07) is 1.81. The molecule has 2 rings (SSSR count). The largest absolute Gasteiger partial charge is 0.478 e. The average molecular weight is 317 g/mol. The van der Waals surface area contributed by atoms with E-state index in [0.29, 0.717) is 0 Å². The molecule has 1 atom stereocenters. The fourth-order valence-electron chi connectivity index (χ4n) is 2.19. The first kappa shape index (κ1) is 15.9. The number of nitrogens with zero attached hydrogens (tertiary/aromatic N) is 1. The highest BCUT2D eigenvalue weighted by molar-refractivity contribution is 7.89. The van der Waals surface area contributed by atoms with E-state index in [0.717, 1.165) is 12.1 Å². The summed E-state index contributed by atoms with van der Waals surface area (Å²) < 4.78 is 45.5. The molecular formula is C13H16FNO5S. The van der Waals surface area contributed by atoms with Crippen molar-refractivity contribution in [3.05, 3.63) is 29.1 Å². The van der Waals surface area contributed by atoms with E-state index in [9.17, 15) is 17.6 Å². The number of sulfonamides is 1. The summed E-state index contributed by atoms with van der Waals surface area (Å²) in [5, 5.41) is 8.95. The van der Waals surface area contributed by atoms with Crippen molar-refractivity contribution < 1.29 is 27.4 Å². The molecule has 1 aliphatic heterocycles. The summed E-state index contributed by atoms with van der Waals surface area (Å²) >= 11 is 0. The summed E-state index contributed by atoms with van der Waals surface area (Å²) in [5.41, 5.74) is -0.475. The van der Waals surface area contributed by atoms with Gasteiger partial charge in [0.05, 0.1) is 23.2 Å². The number of benzene rings is 1. The molecule has 1 heterocycles. The monoisotopic (exact) mass is 317 g/mol. The van der Waals surface area contributed by atoms with Gasteiger partial charge in [0, 0.05) is 18.7 Å². The summed E-state index contributed by atoms with van der Waals surface area (Å²) in [7, 11) is -3.95. The van der Waals surface area contributed by atoms with Crippen LogP contribution in [0.25, 0.3) is 0 Å². The molecular weight excluding hydrogens is 301 g/mol. The van der Waals surface area contributed by atoms with E-state index in [1.165, 1.54) is 11.2 Å². The Balaban J connectivity index is 2.51. The summed E-state index contributed by atoms with van der Waals surface area (Å²) in [6.07, 6.45) is -0.263. The van der Waals surface area contributed by atoms with E-state index in [1.54, 1.807) is 6.92 Å². The molecule has 1 unspecified atom stereocenters. The van der Waals surface area contributed by atoms with Crippen LogP contribution in [0, 0.1) is 12.7 Å². The first-order valence-corrected chi connectivity index (χ1v) is 7.82. The zero-order valence-corrected chi connectivity index (χ0v) is 12.5. The number of hydrogen-bond donors (Lipinski definition) is 1. The van der Waals surface area contributed by atoms with Crippen molar-refractivity contribution >= 4 is 16.0 Å². The Morgan fingerprint density at radius 3 is 2.71 bits per heavy atom. The van der Waals surface area contributed by atoms with Crippen molar-refractivity contribution in [3.63, 3.8) is 0 Å². The van der Waals surface area contributed by atoms with Gasteiger partial charge < -0.3 is 9.84 Å². The van der Waals surface area contributed by atoms with Gasteiger partial charge in [-0.1, -0.05) is 0 Å². The minimum atomic E-state index is -3.95. The van der Waals surface area contributed by atoms with E-state index < -0.39 is 27.4 Å². The standard InChI is InChI=1S/C13H16FNO5S/c1-8-7-15(3-4-20-8)21(18,19)12-6-10(13(16)17)5-11(14)9(12)2/h5-6,8H,3-4,7H2,1-2H3,(H,16,17). The maximum absolute atomic E-state index is 13.8. The van der Waals surface area contributed by atoms with Crippen LogP contribution in [-0.2, 0) is 14.8 Å². The predicted molar refractivity (Wildman–Crippen MR) is 72.3 cm³/mol. The fourth-order valence-corrected chi connectivity index (χ4v) is 3.95. The van der Waals surface area contributed by atoms with Gasteiger partial charge in [0.15, 0.2) is 0 Å². The lowest BCUT2D eigenvalue weighted by atomic mass is 10.1. The maximum Gasteiger partial charge on any atom is 0.335 e. The Kier molecular flexibility index (Phi) is 4.31. The third-order valence-electron chi connectivity index (χ3n) is 3.37. The Morgan fingerprint density at radius 1 is 1.48 bits per heavy atom. The number of rotatable bonds is 3. The molecule has 0 bridgehead atoms. The van der Waals surface area contributed by atoms with Crippen LogP contribution < -0.4 is 0 Å². The Labute approximate surface area is 122 Å². The van der Waals surface area contributed by atoms with Gasteiger partial charge in [0.25, 0.3) is 0 Å². The van der Waals surface area contributed by atoms with Crippen molar-refractivity contribution in [1.29, 1.82) is 0 Å². The van der Waals surface area contributed by atoms with Crippen LogP contribution in [0.15, 0.2) is 17.0 Å². The van der Waals surface area contributed by atoms with Crippen molar-refractivity contribution in [2.45, 2.75) is 24.8 Å². The number of halogens is 1. The number of carbonyl (C=O) groups is 1. The van der Waals surface area contributed by atoms with E-state index in [2.05, 4.69) is 0 Å². The molecule has 1 aromatic rings. The average Bonchev–Trinajstić information content (AvgIpc) is 2.41. The predicted octanol–water partition coefficient (Wildman–Crippen LogP) is 1.24. The van der Waals surface area contributed by atoms with Crippen molar-refractivity contribution in [1.82, 2.24) is 4.31 Å². The van der Waals surface area contributed by atoms with Crippen LogP contribution in [0.2, 0.25) is 0 Å². The second-order valence-electron chi connectivity index (χ2n) is 4.93. The van der Waals surface area contributed by atoms with Gasteiger partial charge in [-0.3, -0.25) is 0 Å². The van der Waals surface area contributed by atoms with Crippen molar-refractivity contribution in [2.75, 3.05) is 19.7 Å². The molecule has 0 radical (unpaired) electrons. The molecule has 1 saturated heterocycles. The molecule has 0 amide bonds. The molecule has 6 nitrogen and oxygen atoms in total. The second-order valence-corrected chi connectivity index (χ2v) is 6.84. The Bertz CT molecular complexity index is 673. The molecule has 1 N–H and O–H groups in total. The second kappa shape index (κ2) is 5.70. The first-order chi connectivity index (χ1) is 9.73. The highest BCUT2D eigenvalue weighted by atomic mass is 32.2. The minimum Gasteiger partial charge on any atom is -0.478 e. The molecule has 116 valence electrons. The summed E-state index contributed by atoms with van der Waals surface area (Å²) in [5.74, 6) is -2.23. The quantitative estimate of drug-likeness (QED) is 0.907. The Hall–Kier alpha value is -1.51. The zero-order valence-electron chi connectivity index (χ0n) is 11.7. The van der Waals surface area contributed by atoms with Gasteiger partial charge in [-0.05, 0) is 26.0 Å². The van der Waals surface area contributed by atoms with Gasteiger partial charge in [-0.25, -0.2) is 17.6 Å². The first-order valence-electron chi connectivity index (χ1n) is 6.38. The lowest BCUT2D eigenvalue weighted by molar-refractivity contribution is 0.0101. The molecule has 0 aromatic heterocycles. The molecule has 1 aliphatic rings. The van der Waals surface area contributed by atoms with Crippen LogP contribution in [-0.4, -0.2) is 49.6 Å². The van der Waals surface area contributed by atoms with E-state index in [1.807, 2.05) is 0 Å². The van der Waals surface area contributed by atoms with Gasteiger partial charge in [0.1, 0.15) is 5.82 Å². The number of carboxylic acid groups (broad SMARTS) is 1. The fraction of sp³-hybridized carbons (Fsp3) is 0.462. The normalized spacial score (nSPS) is 20.4. The summed E-state index contributed by atoms with van der Waals surface area (Å²) in [4.78, 5) is 10.7. The molecule has 0 spiro atoms. The van der Waals surface area contributed by atoms with Crippen LogP contribution in [0.4, 0.5) is 4.39 Å². The van der Waals surface area contributed by atoms with Gasteiger partial charge >= 0.3 is 5.97 Å². The third kappa shape index (κ3) is 3.07. The van der Waals surface area contributed by atoms with E-state index in [-0.39, 0.29) is 36.3 Å². The molecule has 0 saturated carbocycles. The lowest BCUT2D eigenvalue weighted by Gasteiger charge is -2.30. The number of hydrogen-bond acceptors (Lipinski definition) is 4. The highest BCUT2D eigenvalue weighted by Gasteiger charge is 2.31. The maximum atomic E-state index is 13.8. The number of carboxylic acids is 1. The minimum absolute atomic E-state index is 0.0841. The van der Waals surface area contributed by atoms with Gasteiger partial charge in [0.2, 0.25) is 10.0 Å². The third-order valence-corrected chi connectivity index (χ3v) is 5.36. The Morgan fingerprint density at radius 2 is 2.14 bits per heavy atom. The highest BCUT2D eigenvalue weighted by Crippen LogP contribution is 2.25. The van der Waals surface area contributed by atoms with Crippen molar-refractivity contribution in [2.24, 2.45) is 0 Å². The lowest BCUT2D eigenvalue weighted by Crippen LogP contribution is -2.44. The van der Waals surface area contributed by atoms with Crippen molar-refractivity contribution in [3.8, 4) is 0 Å².